The first-order chi connectivity index (χ1) is 24.9. The molecule has 1 heterocycles. The number of ether oxygens (including phenoxy) is 5. The van der Waals surface area contributed by atoms with Gasteiger partial charge in [0.25, 0.3) is 17.1 Å². The average Bonchev–Trinajstić information content (AvgIpc) is 3.15. The van der Waals surface area contributed by atoms with Gasteiger partial charge in [0.1, 0.15) is 23.8 Å². The fourth-order valence-electron chi connectivity index (χ4n) is 5.00. The van der Waals surface area contributed by atoms with Gasteiger partial charge in [-0.3, -0.25) is 30.3 Å². The third kappa shape index (κ3) is 9.16. The zero-order valence-corrected chi connectivity index (χ0v) is 28.1. The van der Waals surface area contributed by atoms with Gasteiger partial charge in [-0.25, -0.2) is 14.4 Å². The van der Waals surface area contributed by atoms with Crippen molar-refractivity contribution in [3.8, 4) is 0 Å². The van der Waals surface area contributed by atoms with Gasteiger partial charge < -0.3 is 23.7 Å². The number of non-ortho nitro benzene ring substituents is 3. The summed E-state index contributed by atoms with van der Waals surface area (Å²) >= 11 is 3.39. The number of rotatable bonds is 13. The van der Waals surface area contributed by atoms with Crippen molar-refractivity contribution in [2.24, 2.45) is 0 Å². The summed E-state index contributed by atoms with van der Waals surface area (Å²) in [5, 5.41) is 32.3. The van der Waals surface area contributed by atoms with Crippen LogP contribution >= 0.6 is 15.9 Å². The molecule has 1 aliphatic rings. The normalized spacial score (nSPS) is 19.5. The molecular formula is C34H26BrN3O14. The Morgan fingerprint density at radius 1 is 0.596 bits per heavy atom. The Labute approximate surface area is 301 Å². The van der Waals surface area contributed by atoms with E-state index in [1.54, 1.807) is 30.3 Å². The van der Waals surface area contributed by atoms with Crippen LogP contribution in [-0.4, -0.2) is 68.7 Å². The van der Waals surface area contributed by atoms with Crippen molar-refractivity contribution in [3.05, 3.63) is 156 Å². The highest BCUT2D eigenvalue weighted by atomic mass is 79.9. The minimum Gasteiger partial charge on any atom is -0.459 e. The summed E-state index contributed by atoms with van der Waals surface area (Å²) in [5.41, 5.74) is -0.353. The summed E-state index contributed by atoms with van der Waals surface area (Å²) in [6.07, 6.45) is -5.54. The fourth-order valence-corrected chi connectivity index (χ4v) is 5.73. The SMILES string of the molecule is O=C(OC[C@H]1O[C@H](Br)[C@H](OCc2ccccc2)[C@@H](OC(=O)c2ccc([N+](=O)[O-])cc2)[C@@H]1OC(=O)c1ccc([N+](=O)[O-])cc1)c1ccc([N+](=O)[O-])cc1. The van der Waals surface area contributed by atoms with Crippen molar-refractivity contribution >= 4 is 50.9 Å². The molecule has 18 heteroatoms. The van der Waals surface area contributed by atoms with Gasteiger partial charge in [0.15, 0.2) is 12.2 Å². The Balaban J connectivity index is 1.47. The number of halogens is 1. The lowest BCUT2D eigenvalue weighted by atomic mass is 9.99. The quantitative estimate of drug-likeness (QED) is 0.0520. The minimum absolute atomic E-state index is 0.0225. The smallest absolute Gasteiger partial charge is 0.338 e. The highest BCUT2D eigenvalue weighted by Crippen LogP contribution is 2.33. The van der Waals surface area contributed by atoms with Gasteiger partial charge in [-0.15, -0.1) is 0 Å². The Bertz CT molecular complexity index is 1940. The Morgan fingerprint density at radius 3 is 1.46 bits per heavy atom. The molecule has 0 N–H and O–H groups in total. The number of benzene rings is 4. The topological polar surface area (TPSA) is 227 Å². The highest BCUT2D eigenvalue weighted by molar-refractivity contribution is 9.09. The first kappa shape index (κ1) is 37.2. The molecule has 0 radical (unpaired) electrons. The van der Waals surface area contributed by atoms with Crippen LogP contribution in [0.5, 0.6) is 0 Å². The maximum atomic E-state index is 13.5. The van der Waals surface area contributed by atoms with E-state index >= 15 is 0 Å². The van der Waals surface area contributed by atoms with Gasteiger partial charge in [0, 0.05) is 36.4 Å². The van der Waals surface area contributed by atoms with E-state index in [4.69, 9.17) is 23.7 Å². The van der Waals surface area contributed by atoms with Crippen molar-refractivity contribution in [1.29, 1.82) is 0 Å². The van der Waals surface area contributed by atoms with Crippen molar-refractivity contribution in [3.63, 3.8) is 0 Å². The average molecular weight is 780 g/mol. The van der Waals surface area contributed by atoms with Gasteiger partial charge in [-0.1, -0.05) is 46.3 Å². The summed E-state index contributed by atoms with van der Waals surface area (Å²) in [4.78, 5) is 71.4. The third-order valence-electron chi connectivity index (χ3n) is 7.67. The zero-order chi connectivity index (χ0) is 37.4. The minimum atomic E-state index is -1.55. The van der Waals surface area contributed by atoms with Crippen LogP contribution in [0.4, 0.5) is 17.1 Å². The predicted molar refractivity (Wildman–Crippen MR) is 181 cm³/mol. The number of nitrogens with zero attached hydrogens (tertiary/aromatic N) is 3. The second-order valence-corrected chi connectivity index (χ2v) is 11.9. The van der Waals surface area contributed by atoms with Crippen LogP contribution in [0.3, 0.4) is 0 Å². The number of hydrogen-bond donors (Lipinski definition) is 0. The summed E-state index contributed by atoms with van der Waals surface area (Å²) < 4.78 is 29.4. The van der Waals surface area contributed by atoms with Crippen LogP contribution in [-0.2, 0) is 30.3 Å². The van der Waals surface area contributed by atoms with Crippen molar-refractivity contribution in [1.82, 2.24) is 0 Å². The molecule has 17 nitrogen and oxygen atoms in total. The molecule has 1 aliphatic heterocycles. The monoisotopic (exact) mass is 779 g/mol. The molecule has 4 aromatic carbocycles. The maximum absolute atomic E-state index is 13.5. The number of carbonyl (C=O) groups excluding carboxylic acids is 3. The predicted octanol–water partition coefficient (Wildman–Crippen LogP) is 5.72. The second-order valence-electron chi connectivity index (χ2n) is 11.0. The number of hydrogen-bond acceptors (Lipinski definition) is 14. The summed E-state index contributed by atoms with van der Waals surface area (Å²) in [6, 6.07) is 22.5. The largest absolute Gasteiger partial charge is 0.459 e. The molecule has 0 unspecified atom stereocenters. The summed E-state index contributed by atoms with van der Waals surface area (Å²) in [5.74, 6) is -2.90. The molecule has 5 rings (SSSR count). The van der Waals surface area contributed by atoms with E-state index in [2.05, 4.69) is 15.9 Å². The molecule has 0 saturated carbocycles. The van der Waals surface area contributed by atoms with E-state index in [1.165, 1.54) is 24.3 Å². The molecule has 0 aliphatic carbocycles. The highest BCUT2D eigenvalue weighted by Gasteiger charge is 2.51. The van der Waals surface area contributed by atoms with E-state index in [-0.39, 0.29) is 40.4 Å². The molecule has 1 fully saturated rings. The molecular weight excluding hydrogens is 754 g/mol. The van der Waals surface area contributed by atoms with Gasteiger partial charge in [0.2, 0.25) is 0 Å². The molecule has 0 spiro atoms. The summed E-state index contributed by atoms with van der Waals surface area (Å²) in [7, 11) is 0. The second kappa shape index (κ2) is 16.7. The van der Waals surface area contributed by atoms with E-state index in [9.17, 15) is 44.7 Å². The zero-order valence-electron chi connectivity index (χ0n) is 26.6. The lowest BCUT2D eigenvalue weighted by Gasteiger charge is -2.43. The molecule has 0 amide bonds. The van der Waals surface area contributed by atoms with E-state index in [0.29, 0.717) is 0 Å². The molecule has 0 bridgehead atoms. The summed E-state index contributed by atoms with van der Waals surface area (Å²) in [6.45, 7) is -0.613. The van der Waals surface area contributed by atoms with Crippen molar-refractivity contribution in [2.75, 3.05) is 6.61 Å². The van der Waals surface area contributed by atoms with Crippen LogP contribution < -0.4 is 0 Å². The van der Waals surface area contributed by atoms with E-state index in [0.717, 1.165) is 54.1 Å². The fraction of sp³-hybridized carbons (Fsp3) is 0.206. The van der Waals surface area contributed by atoms with Crippen LogP contribution in [0, 0.1) is 30.3 Å². The Morgan fingerprint density at radius 2 is 1.02 bits per heavy atom. The van der Waals surface area contributed by atoms with E-state index < -0.39 is 68.7 Å². The number of nitro groups is 3. The lowest BCUT2D eigenvalue weighted by molar-refractivity contribution is -0.385. The van der Waals surface area contributed by atoms with Crippen LogP contribution in [0.1, 0.15) is 36.6 Å². The molecule has 52 heavy (non-hydrogen) atoms. The van der Waals surface area contributed by atoms with Gasteiger partial charge in [-0.05, 0) is 42.0 Å². The number of nitro benzene ring substituents is 3. The molecule has 0 aromatic heterocycles. The Kier molecular flexibility index (Phi) is 12.0. The third-order valence-corrected chi connectivity index (χ3v) is 8.41. The van der Waals surface area contributed by atoms with Gasteiger partial charge in [-0.2, -0.15) is 0 Å². The molecule has 4 aromatic rings. The van der Waals surface area contributed by atoms with Crippen LogP contribution in [0.2, 0.25) is 0 Å². The van der Waals surface area contributed by atoms with Crippen LogP contribution in [0.15, 0.2) is 103 Å². The van der Waals surface area contributed by atoms with Crippen LogP contribution in [0.25, 0.3) is 0 Å². The van der Waals surface area contributed by atoms with Gasteiger partial charge in [0.05, 0.1) is 38.1 Å². The molecule has 268 valence electrons. The molecule has 5 atom stereocenters. The Hall–Kier alpha value is -6.11. The first-order valence-corrected chi connectivity index (χ1v) is 16.1. The van der Waals surface area contributed by atoms with Gasteiger partial charge >= 0.3 is 17.9 Å². The van der Waals surface area contributed by atoms with Crippen molar-refractivity contribution in [2.45, 2.75) is 36.0 Å². The van der Waals surface area contributed by atoms with E-state index in [1.807, 2.05) is 0 Å². The number of carbonyl (C=O) groups is 3. The lowest BCUT2D eigenvalue weighted by Crippen LogP contribution is -2.60. The standard InChI is InChI=1S/C34H26BrN3O14/c35-31-30(48-18-20-4-2-1-3-5-20)29(52-34(41)23-10-16-26(17-11-23)38(46)47)28(51-33(40)22-8-14-25(15-9-22)37(44)45)27(50-31)19-49-32(39)21-6-12-24(13-7-21)36(42)43/h1-17,27-31H,18-19H2/t27-,28-,29+,30-,31+/m1/s1. The first-order valence-electron chi connectivity index (χ1n) is 15.2. The number of alkyl halides is 1. The number of esters is 3. The molecule has 1 saturated heterocycles. The van der Waals surface area contributed by atoms with Crippen molar-refractivity contribution < 1.29 is 52.8 Å². The maximum Gasteiger partial charge on any atom is 0.338 e.